The molecule has 0 aromatic heterocycles. The first kappa shape index (κ1) is 16.1. The molecule has 118 valence electrons. The lowest BCUT2D eigenvalue weighted by atomic mass is 10.0. The molecule has 1 aliphatic rings. The molecule has 3 rings (SSSR count). The average molecular weight is 371 g/mol. The zero-order chi connectivity index (χ0) is 16.6. The summed E-state index contributed by atoms with van der Waals surface area (Å²) in [6.07, 6.45) is -1.77. The number of benzene rings is 2. The number of imide groups is 1. The smallest absolute Gasteiger partial charge is 0.422 e. The minimum absolute atomic E-state index is 0.310. The van der Waals surface area contributed by atoms with Gasteiger partial charge in [-0.15, -0.1) is 23.2 Å². The van der Waals surface area contributed by atoms with Crippen LogP contribution < -0.4 is 4.90 Å². The minimum Gasteiger partial charge on any atom is -0.438 e. The van der Waals surface area contributed by atoms with Gasteiger partial charge in [0.25, 0.3) is 5.91 Å². The number of hydrogen-bond acceptors (Lipinski definition) is 3. The number of carbonyl (C=O) groups excluding carboxylic acids is 2. The number of cyclic esters (lactones) is 1. The Bertz CT molecular complexity index is 761. The lowest BCUT2D eigenvalue weighted by molar-refractivity contribution is 0.0952. The lowest BCUT2D eigenvalue weighted by Crippen LogP contribution is -2.36. The van der Waals surface area contributed by atoms with E-state index >= 15 is 0 Å². The zero-order valence-corrected chi connectivity index (χ0v) is 13.8. The van der Waals surface area contributed by atoms with Crippen LogP contribution in [0.5, 0.6) is 0 Å². The predicted molar refractivity (Wildman–Crippen MR) is 89.4 cm³/mol. The third-order valence-corrected chi connectivity index (χ3v) is 4.13. The molecule has 0 spiro atoms. The van der Waals surface area contributed by atoms with E-state index in [2.05, 4.69) is 0 Å². The summed E-state index contributed by atoms with van der Waals surface area (Å²) in [5.74, 6) is -0.510. The maximum absolute atomic E-state index is 12.8. The van der Waals surface area contributed by atoms with E-state index in [1.165, 1.54) is 0 Å². The molecule has 0 bridgehead atoms. The molecule has 1 heterocycles. The van der Waals surface area contributed by atoms with Gasteiger partial charge in [0, 0.05) is 16.1 Å². The van der Waals surface area contributed by atoms with Crippen molar-refractivity contribution in [3.05, 3.63) is 64.7 Å². The molecule has 0 aliphatic carbocycles. The summed E-state index contributed by atoms with van der Waals surface area (Å²) in [7, 11) is 0. The highest BCUT2D eigenvalue weighted by Crippen LogP contribution is 2.35. The maximum atomic E-state index is 12.8. The Morgan fingerprint density at radius 2 is 1.65 bits per heavy atom. The van der Waals surface area contributed by atoms with E-state index in [0.717, 1.165) is 4.90 Å². The zero-order valence-electron chi connectivity index (χ0n) is 11.6. The Balaban J connectivity index is 2.12. The van der Waals surface area contributed by atoms with Crippen LogP contribution in [0.1, 0.15) is 22.0 Å². The Morgan fingerprint density at radius 3 is 2.30 bits per heavy atom. The van der Waals surface area contributed by atoms with Crippen molar-refractivity contribution in [3.63, 3.8) is 0 Å². The number of amides is 2. The molecule has 7 heteroatoms. The van der Waals surface area contributed by atoms with Crippen molar-refractivity contribution in [1.82, 2.24) is 0 Å². The van der Waals surface area contributed by atoms with E-state index in [9.17, 15) is 9.59 Å². The largest absolute Gasteiger partial charge is 0.438 e. The van der Waals surface area contributed by atoms with Gasteiger partial charge >= 0.3 is 6.09 Å². The Kier molecular flexibility index (Phi) is 4.48. The van der Waals surface area contributed by atoms with E-state index in [-0.39, 0.29) is 0 Å². The van der Waals surface area contributed by atoms with Crippen LogP contribution in [0.25, 0.3) is 0 Å². The fourth-order valence-corrected chi connectivity index (χ4v) is 2.87. The molecule has 1 unspecified atom stereocenters. The summed E-state index contributed by atoms with van der Waals surface area (Å²) in [6.45, 7) is 0. The van der Waals surface area contributed by atoms with Gasteiger partial charge in [-0.05, 0) is 30.3 Å². The predicted octanol–water partition coefficient (Wildman–Crippen LogP) is 4.98. The number of fused-ring (bicyclic) bond motifs is 1. The highest BCUT2D eigenvalue weighted by molar-refractivity contribution is 6.44. The van der Waals surface area contributed by atoms with Crippen LogP contribution >= 0.6 is 34.8 Å². The molecule has 2 aromatic carbocycles. The number of nitrogens with zero attached hydrogens (tertiary/aromatic N) is 1. The van der Waals surface area contributed by atoms with Crippen molar-refractivity contribution in [3.8, 4) is 0 Å². The maximum Gasteiger partial charge on any atom is 0.422 e. The fraction of sp³-hybridized carbons (Fsp3) is 0.125. The van der Waals surface area contributed by atoms with Crippen molar-refractivity contribution >= 4 is 52.5 Å². The third kappa shape index (κ3) is 3.02. The van der Waals surface area contributed by atoms with Gasteiger partial charge in [0.15, 0.2) is 6.10 Å². The number of alkyl halides is 2. The van der Waals surface area contributed by atoms with Crippen LogP contribution in [0.4, 0.5) is 10.5 Å². The summed E-state index contributed by atoms with van der Waals surface area (Å²) in [6, 6.07) is 13.0. The average Bonchev–Trinajstić information content (AvgIpc) is 2.64. The van der Waals surface area contributed by atoms with Gasteiger partial charge < -0.3 is 4.74 Å². The highest BCUT2D eigenvalue weighted by atomic mass is 35.5. The van der Waals surface area contributed by atoms with Crippen molar-refractivity contribution < 1.29 is 14.3 Å². The first-order valence-corrected chi connectivity index (χ1v) is 7.92. The molecule has 0 N–H and O–H groups in total. The normalized spacial score (nSPS) is 17.7. The molecular formula is C16H10Cl3NO3. The van der Waals surface area contributed by atoms with E-state index in [1.807, 2.05) is 0 Å². The molecule has 0 saturated carbocycles. The van der Waals surface area contributed by atoms with Gasteiger partial charge in [-0.25, -0.2) is 9.69 Å². The third-order valence-electron chi connectivity index (χ3n) is 3.42. The van der Waals surface area contributed by atoms with Gasteiger partial charge in [0.2, 0.25) is 0 Å². The van der Waals surface area contributed by atoms with E-state index in [4.69, 9.17) is 39.5 Å². The van der Waals surface area contributed by atoms with E-state index in [1.54, 1.807) is 48.5 Å². The van der Waals surface area contributed by atoms with Crippen LogP contribution in [-0.2, 0) is 4.74 Å². The standard InChI is InChI=1S/C16H10Cl3NO3/c17-9-5-7-10(8-6-9)20-15(21)12-4-2-1-3-11(12)13(14(18)19)23-16(20)22/h1-8,13-14H. The van der Waals surface area contributed by atoms with Crippen LogP contribution in [0, 0.1) is 0 Å². The molecule has 2 aromatic rings. The molecule has 0 saturated heterocycles. The van der Waals surface area contributed by atoms with Gasteiger partial charge in [0.1, 0.15) is 4.84 Å². The molecule has 0 radical (unpaired) electrons. The van der Waals surface area contributed by atoms with E-state index in [0.29, 0.717) is 21.8 Å². The second-order valence-electron chi connectivity index (χ2n) is 4.84. The molecular weight excluding hydrogens is 361 g/mol. The topological polar surface area (TPSA) is 46.6 Å². The number of halogens is 3. The Morgan fingerprint density at radius 1 is 1.00 bits per heavy atom. The van der Waals surface area contributed by atoms with Crippen molar-refractivity contribution in [2.75, 3.05) is 4.90 Å². The minimum atomic E-state index is -1.00. The number of anilines is 1. The fourth-order valence-electron chi connectivity index (χ4n) is 2.37. The number of rotatable bonds is 2. The van der Waals surface area contributed by atoms with Crippen LogP contribution in [0.3, 0.4) is 0 Å². The quantitative estimate of drug-likeness (QED) is 0.700. The number of ether oxygens (including phenoxy) is 1. The highest BCUT2D eigenvalue weighted by Gasteiger charge is 2.38. The van der Waals surface area contributed by atoms with Gasteiger partial charge in [-0.2, -0.15) is 0 Å². The van der Waals surface area contributed by atoms with Crippen LogP contribution in [0.15, 0.2) is 48.5 Å². The van der Waals surface area contributed by atoms with Gasteiger partial charge in [0.05, 0.1) is 5.69 Å². The lowest BCUT2D eigenvalue weighted by Gasteiger charge is -2.20. The van der Waals surface area contributed by atoms with E-state index < -0.39 is 22.9 Å². The summed E-state index contributed by atoms with van der Waals surface area (Å²) >= 11 is 17.7. The van der Waals surface area contributed by atoms with Gasteiger partial charge in [-0.1, -0.05) is 29.8 Å². The molecule has 4 nitrogen and oxygen atoms in total. The Hall–Kier alpha value is -1.75. The summed E-state index contributed by atoms with van der Waals surface area (Å²) in [4.78, 5) is 25.2. The van der Waals surface area contributed by atoms with Crippen molar-refractivity contribution in [2.45, 2.75) is 10.9 Å². The number of hydrogen-bond donors (Lipinski definition) is 0. The van der Waals surface area contributed by atoms with Crippen molar-refractivity contribution in [2.24, 2.45) is 0 Å². The molecule has 2 amide bonds. The first-order valence-electron chi connectivity index (χ1n) is 6.67. The first-order chi connectivity index (χ1) is 11.0. The second kappa shape index (κ2) is 6.40. The molecule has 1 aliphatic heterocycles. The summed E-state index contributed by atoms with van der Waals surface area (Å²) in [5, 5.41) is 0.490. The Labute approximate surface area is 147 Å². The SMILES string of the molecule is O=C1OC(C(Cl)Cl)c2ccccc2C(=O)N1c1ccc(Cl)cc1. The summed E-state index contributed by atoms with van der Waals surface area (Å²) < 4.78 is 5.34. The molecule has 0 fully saturated rings. The molecule has 1 atom stereocenters. The number of carbonyl (C=O) groups is 2. The summed E-state index contributed by atoms with van der Waals surface area (Å²) in [5.41, 5.74) is 1.13. The second-order valence-corrected chi connectivity index (χ2v) is 6.44. The molecule has 23 heavy (non-hydrogen) atoms. The van der Waals surface area contributed by atoms with Crippen molar-refractivity contribution in [1.29, 1.82) is 0 Å². The van der Waals surface area contributed by atoms with Crippen LogP contribution in [0.2, 0.25) is 5.02 Å². The monoisotopic (exact) mass is 369 g/mol. The van der Waals surface area contributed by atoms with Gasteiger partial charge in [-0.3, -0.25) is 4.79 Å². The van der Waals surface area contributed by atoms with Crippen LogP contribution in [-0.4, -0.2) is 16.8 Å².